The van der Waals surface area contributed by atoms with Crippen LogP contribution in [0.2, 0.25) is 0 Å². The standard InChI is InChI=1S/C9H16N2O3S/c10-8-3-4-11(9(8)12)7-2-1-5-15(13,14)6-7/h7-8H,1-6,10H2. The Morgan fingerprint density at radius 1 is 1.33 bits per heavy atom. The van der Waals surface area contributed by atoms with Gasteiger partial charge in [0.2, 0.25) is 5.91 Å². The van der Waals surface area contributed by atoms with Crippen LogP contribution in [0.15, 0.2) is 0 Å². The van der Waals surface area contributed by atoms with Crippen LogP contribution >= 0.6 is 0 Å². The molecule has 2 heterocycles. The van der Waals surface area contributed by atoms with E-state index in [9.17, 15) is 13.2 Å². The van der Waals surface area contributed by atoms with Crippen LogP contribution in [0.25, 0.3) is 0 Å². The van der Waals surface area contributed by atoms with Gasteiger partial charge in [-0.15, -0.1) is 0 Å². The topological polar surface area (TPSA) is 80.5 Å². The van der Waals surface area contributed by atoms with Crippen LogP contribution in [0.3, 0.4) is 0 Å². The van der Waals surface area contributed by atoms with Crippen molar-refractivity contribution in [2.45, 2.75) is 31.3 Å². The summed E-state index contributed by atoms with van der Waals surface area (Å²) in [6.07, 6.45) is 2.10. The molecular formula is C9H16N2O3S. The summed E-state index contributed by atoms with van der Waals surface area (Å²) in [5, 5.41) is 0. The Morgan fingerprint density at radius 2 is 2.07 bits per heavy atom. The lowest BCUT2D eigenvalue weighted by molar-refractivity contribution is -0.130. The Hall–Kier alpha value is -0.620. The SMILES string of the molecule is NC1CCN(C2CCCS(=O)(=O)C2)C1=O. The van der Waals surface area contributed by atoms with Crippen molar-refractivity contribution < 1.29 is 13.2 Å². The van der Waals surface area contributed by atoms with Gasteiger partial charge >= 0.3 is 0 Å². The van der Waals surface area contributed by atoms with E-state index in [4.69, 9.17) is 5.73 Å². The maximum absolute atomic E-state index is 11.6. The van der Waals surface area contributed by atoms with Crippen LogP contribution in [0.4, 0.5) is 0 Å². The smallest absolute Gasteiger partial charge is 0.239 e. The fourth-order valence-electron chi connectivity index (χ4n) is 2.33. The molecule has 5 nitrogen and oxygen atoms in total. The molecule has 0 aromatic rings. The highest BCUT2D eigenvalue weighted by Crippen LogP contribution is 2.22. The Morgan fingerprint density at radius 3 is 2.60 bits per heavy atom. The molecule has 2 aliphatic rings. The predicted molar refractivity (Wildman–Crippen MR) is 56.0 cm³/mol. The molecular weight excluding hydrogens is 216 g/mol. The van der Waals surface area contributed by atoms with Crippen LogP contribution in [-0.2, 0) is 14.6 Å². The summed E-state index contributed by atoms with van der Waals surface area (Å²) in [7, 11) is -2.94. The monoisotopic (exact) mass is 232 g/mol. The minimum atomic E-state index is -2.94. The third-order valence-corrected chi connectivity index (χ3v) is 4.96. The second-order valence-electron chi connectivity index (χ2n) is 4.34. The maximum atomic E-state index is 11.6. The van der Waals surface area contributed by atoms with Crippen LogP contribution in [0, 0.1) is 0 Å². The lowest BCUT2D eigenvalue weighted by Gasteiger charge is -2.30. The number of hydrogen-bond acceptors (Lipinski definition) is 4. The average molecular weight is 232 g/mol. The number of carbonyl (C=O) groups excluding carboxylic acids is 1. The third kappa shape index (κ3) is 2.15. The van der Waals surface area contributed by atoms with Gasteiger partial charge in [-0.1, -0.05) is 0 Å². The van der Waals surface area contributed by atoms with E-state index in [1.165, 1.54) is 0 Å². The van der Waals surface area contributed by atoms with Gasteiger partial charge in [0.05, 0.1) is 17.5 Å². The van der Waals surface area contributed by atoms with Gasteiger partial charge < -0.3 is 10.6 Å². The first-order valence-corrected chi connectivity index (χ1v) is 7.08. The fourth-order valence-corrected chi connectivity index (χ4v) is 4.04. The molecule has 2 unspecified atom stereocenters. The van der Waals surface area contributed by atoms with Gasteiger partial charge in [-0.3, -0.25) is 4.79 Å². The molecule has 2 fully saturated rings. The normalized spacial score (nSPS) is 35.8. The molecule has 2 rings (SSSR count). The van der Waals surface area contributed by atoms with Crippen molar-refractivity contribution in [3.8, 4) is 0 Å². The van der Waals surface area contributed by atoms with Gasteiger partial charge in [-0.05, 0) is 19.3 Å². The molecule has 86 valence electrons. The zero-order valence-corrected chi connectivity index (χ0v) is 9.37. The minimum absolute atomic E-state index is 0.0860. The Balaban J connectivity index is 2.08. The van der Waals surface area contributed by atoms with Gasteiger partial charge in [0.1, 0.15) is 0 Å². The molecule has 0 radical (unpaired) electrons. The van der Waals surface area contributed by atoms with E-state index in [0.29, 0.717) is 19.4 Å². The molecule has 15 heavy (non-hydrogen) atoms. The first kappa shape index (κ1) is 10.9. The number of likely N-dealkylation sites (tertiary alicyclic amines) is 1. The van der Waals surface area contributed by atoms with Gasteiger partial charge in [0, 0.05) is 12.6 Å². The molecule has 2 atom stereocenters. The summed E-state index contributed by atoms with van der Waals surface area (Å²) in [5.41, 5.74) is 5.60. The second-order valence-corrected chi connectivity index (χ2v) is 6.57. The molecule has 0 bridgehead atoms. The van der Waals surface area contributed by atoms with Crippen LogP contribution in [0.1, 0.15) is 19.3 Å². The van der Waals surface area contributed by atoms with E-state index in [1.54, 1.807) is 4.90 Å². The van der Waals surface area contributed by atoms with Crippen LogP contribution in [-0.4, -0.2) is 49.4 Å². The van der Waals surface area contributed by atoms with Crippen molar-refractivity contribution in [3.63, 3.8) is 0 Å². The van der Waals surface area contributed by atoms with Gasteiger partial charge in [-0.25, -0.2) is 8.42 Å². The Labute approximate surface area is 89.5 Å². The summed E-state index contributed by atoms with van der Waals surface area (Å²) in [6, 6.07) is -0.556. The van der Waals surface area contributed by atoms with E-state index >= 15 is 0 Å². The van der Waals surface area contributed by atoms with Gasteiger partial charge in [0.15, 0.2) is 9.84 Å². The Kier molecular flexibility index (Phi) is 2.72. The lowest BCUT2D eigenvalue weighted by atomic mass is 10.1. The molecule has 1 amide bonds. The molecule has 0 aromatic heterocycles. The van der Waals surface area contributed by atoms with E-state index < -0.39 is 15.9 Å². The second kappa shape index (κ2) is 3.75. The summed E-state index contributed by atoms with van der Waals surface area (Å²) >= 11 is 0. The predicted octanol–water partition coefficient (Wildman–Crippen LogP) is -0.877. The number of amides is 1. The zero-order valence-electron chi connectivity index (χ0n) is 8.55. The van der Waals surface area contributed by atoms with Crippen molar-refractivity contribution in [3.05, 3.63) is 0 Å². The zero-order chi connectivity index (χ0) is 11.1. The van der Waals surface area contributed by atoms with Gasteiger partial charge in [-0.2, -0.15) is 0 Å². The lowest BCUT2D eigenvalue weighted by Crippen LogP contribution is -2.46. The number of hydrogen-bond donors (Lipinski definition) is 1. The highest BCUT2D eigenvalue weighted by atomic mass is 32.2. The summed E-state index contributed by atoms with van der Waals surface area (Å²) in [6.45, 7) is 0.611. The van der Waals surface area contributed by atoms with Crippen molar-refractivity contribution in [2.24, 2.45) is 5.73 Å². The highest BCUT2D eigenvalue weighted by Gasteiger charge is 2.37. The quantitative estimate of drug-likeness (QED) is 0.637. The van der Waals surface area contributed by atoms with Crippen LogP contribution in [0.5, 0.6) is 0 Å². The largest absolute Gasteiger partial charge is 0.337 e. The fraction of sp³-hybridized carbons (Fsp3) is 0.889. The first-order valence-electron chi connectivity index (χ1n) is 5.26. The van der Waals surface area contributed by atoms with E-state index in [1.807, 2.05) is 0 Å². The number of nitrogens with two attached hydrogens (primary N) is 1. The van der Waals surface area contributed by atoms with Gasteiger partial charge in [0.25, 0.3) is 0 Å². The first-order chi connectivity index (χ1) is 6.99. The van der Waals surface area contributed by atoms with Crippen molar-refractivity contribution in [1.82, 2.24) is 4.90 Å². The molecule has 2 N–H and O–H groups in total. The molecule has 2 saturated heterocycles. The number of nitrogens with zero attached hydrogens (tertiary/aromatic N) is 1. The van der Waals surface area contributed by atoms with E-state index in [0.717, 1.165) is 6.42 Å². The highest BCUT2D eigenvalue weighted by molar-refractivity contribution is 7.91. The Bertz CT molecular complexity index is 366. The summed E-state index contributed by atoms with van der Waals surface area (Å²) in [5.74, 6) is 0.292. The molecule has 0 aromatic carbocycles. The van der Waals surface area contributed by atoms with E-state index in [-0.39, 0.29) is 23.5 Å². The number of carbonyl (C=O) groups is 1. The summed E-state index contributed by atoms with van der Waals surface area (Å²) in [4.78, 5) is 13.3. The minimum Gasteiger partial charge on any atom is -0.337 e. The third-order valence-electron chi connectivity index (χ3n) is 3.16. The van der Waals surface area contributed by atoms with Crippen LogP contribution < -0.4 is 5.73 Å². The average Bonchev–Trinajstić information content (AvgIpc) is 2.46. The molecule has 0 saturated carbocycles. The molecule has 2 aliphatic heterocycles. The van der Waals surface area contributed by atoms with Crippen molar-refractivity contribution in [2.75, 3.05) is 18.1 Å². The maximum Gasteiger partial charge on any atom is 0.239 e. The van der Waals surface area contributed by atoms with Crippen molar-refractivity contribution in [1.29, 1.82) is 0 Å². The van der Waals surface area contributed by atoms with E-state index in [2.05, 4.69) is 0 Å². The number of sulfone groups is 1. The number of rotatable bonds is 1. The summed E-state index contributed by atoms with van der Waals surface area (Å²) < 4.78 is 22.9. The van der Waals surface area contributed by atoms with Crippen molar-refractivity contribution >= 4 is 15.7 Å². The molecule has 0 aliphatic carbocycles. The molecule has 6 heteroatoms. The molecule has 0 spiro atoms.